The van der Waals surface area contributed by atoms with Gasteiger partial charge in [-0.1, -0.05) is 24.3 Å². The molecule has 0 aromatic heterocycles. The Balaban J connectivity index is 1.64. The molecule has 1 heterocycles. The first kappa shape index (κ1) is 11.7. The molecule has 96 valence electrons. The largest absolute Gasteiger partial charge is 0.481 e. The lowest BCUT2D eigenvalue weighted by Crippen LogP contribution is -2.51. The summed E-state index contributed by atoms with van der Waals surface area (Å²) in [6.07, 6.45) is 3.70. The Bertz CT molecular complexity index is 452. The summed E-state index contributed by atoms with van der Waals surface area (Å²) in [5, 5.41) is 8.89. The molecule has 0 spiro atoms. The molecule has 18 heavy (non-hydrogen) atoms. The third-order valence-corrected chi connectivity index (χ3v) is 4.28. The molecular weight excluding hydrogens is 226 g/mol. The molecule has 1 aromatic rings. The minimum atomic E-state index is -0.643. The van der Waals surface area contributed by atoms with Crippen LogP contribution < -0.4 is 0 Å². The third kappa shape index (κ3) is 2.15. The fourth-order valence-electron chi connectivity index (χ4n) is 3.23. The minimum Gasteiger partial charge on any atom is -0.481 e. The standard InChI is InChI=1S/C15H19NO2/c17-15(18)13-9-16(10-13)8-12-6-3-5-11-4-1-2-7-14(11)12/h1-2,4,7,12-13H,3,5-6,8-10H2,(H,17,18). The number of benzene rings is 1. The number of carboxylic acid groups (broad SMARTS) is 1. The molecular formula is C15H19NO2. The molecule has 3 heteroatoms. The van der Waals surface area contributed by atoms with Crippen molar-refractivity contribution in [3.63, 3.8) is 0 Å². The third-order valence-electron chi connectivity index (χ3n) is 4.28. The Morgan fingerprint density at radius 3 is 2.89 bits per heavy atom. The molecule has 1 aliphatic carbocycles. The number of nitrogens with zero attached hydrogens (tertiary/aromatic N) is 1. The number of rotatable bonds is 3. The summed E-state index contributed by atoms with van der Waals surface area (Å²) in [5.74, 6) is -0.177. The van der Waals surface area contributed by atoms with Gasteiger partial charge >= 0.3 is 5.97 Å². The fraction of sp³-hybridized carbons (Fsp3) is 0.533. The van der Waals surface area contributed by atoms with Crippen LogP contribution in [-0.2, 0) is 11.2 Å². The lowest BCUT2D eigenvalue weighted by atomic mass is 9.82. The predicted octanol–water partition coefficient (Wildman–Crippen LogP) is 2.12. The first-order valence-electron chi connectivity index (χ1n) is 6.77. The predicted molar refractivity (Wildman–Crippen MR) is 69.7 cm³/mol. The molecule has 1 unspecified atom stereocenters. The van der Waals surface area contributed by atoms with Gasteiger partial charge in [0, 0.05) is 19.6 Å². The Labute approximate surface area is 107 Å². The van der Waals surface area contributed by atoms with Crippen LogP contribution in [0.15, 0.2) is 24.3 Å². The van der Waals surface area contributed by atoms with E-state index in [1.54, 1.807) is 0 Å². The highest BCUT2D eigenvalue weighted by atomic mass is 16.4. The van der Waals surface area contributed by atoms with E-state index in [0.29, 0.717) is 5.92 Å². The Morgan fingerprint density at radius 1 is 1.33 bits per heavy atom. The molecule has 1 saturated heterocycles. The maximum absolute atomic E-state index is 10.8. The van der Waals surface area contributed by atoms with E-state index in [1.165, 1.54) is 30.4 Å². The average Bonchev–Trinajstić information content (AvgIpc) is 2.33. The van der Waals surface area contributed by atoms with Gasteiger partial charge in [-0.15, -0.1) is 0 Å². The molecule has 3 nitrogen and oxygen atoms in total. The molecule has 1 atom stereocenters. The van der Waals surface area contributed by atoms with Gasteiger partial charge in [-0.05, 0) is 36.3 Å². The van der Waals surface area contributed by atoms with E-state index >= 15 is 0 Å². The van der Waals surface area contributed by atoms with Crippen molar-refractivity contribution >= 4 is 5.97 Å². The zero-order chi connectivity index (χ0) is 12.5. The van der Waals surface area contributed by atoms with E-state index < -0.39 is 5.97 Å². The smallest absolute Gasteiger partial charge is 0.309 e. The normalized spacial score (nSPS) is 24.3. The summed E-state index contributed by atoms with van der Waals surface area (Å²) in [4.78, 5) is 13.1. The van der Waals surface area contributed by atoms with Gasteiger partial charge in [0.25, 0.3) is 0 Å². The molecule has 3 rings (SSSR count). The summed E-state index contributed by atoms with van der Waals surface area (Å²) >= 11 is 0. The van der Waals surface area contributed by atoms with E-state index in [4.69, 9.17) is 5.11 Å². The number of carbonyl (C=O) groups is 1. The van der Waals surface area contributed by atoms with E-state index in [-0.39, 0.29) is 5.92 Å². The monoisotopic (exact) mass is 245 g/mol. The maximum Gasteiger partial charge on any atom is 0.309 e. The number of aryl methyl sites for hydroxylation is 1. The molecule has 0 amide bonds. The van der Waals surface area contributed by atoms with Crippen molar-refractivity contribution in [2.45, 2.75) is 25.2 Å². The maximum atomic E-state index is 10.8. The van der Waals surface area contributed by atoms with Crippen molar-refractivity contribution in [1.29, 1.82) is 0 Å². The molecule has 0 saturated carbocycles. The molecule has 0 radical (unpaired) electrons. The molecule has 1 fully saturated rings. The van der Waals surface area contributed by atoms with E-state index in [0.717, 1.165) is 19.6 Å². The van der Waals surface area contributed by atoms with E-state index in [1.807, 2.05) is 0 Å². The van der Waals surface area contributed by atoms with Crippen LogP contribution in [0.1, 0.15) is 29.9 Å². The number of hydrogen-bond acceptors (Lipinski definition) is 2. The molecule has 2 aliphatic rings. The lowest BCUT2D eigenvalue weighted by molar-refractivity contribution is -0.147. The van der Waals surface area contributed by atoms with E-state index in [9.17, 15) is 4.79 Å². The highest BCUT2D eigenvalue weighted by Gasteiger charge is 2.34. The molecule has 0 bridgehead atoms. The molecule has 1 aliphatic heterocycles. The van der Waals surface area contributed by atoms with Gasteiger partial charge < -0.3 is 10.0 Å². The topological polar surface area (TPSA) is 40.5 Å². The van der Waals surface area contributed by atoms with Crippen molar-refractivity contribution in [3.05, 3.63) is 35.4 Å². The first-order chi connectivity index (χ1) is 8.74. The Morgan fingerprint density at radius 2 is 2.11 bits per heavy atom. The zero-order valence-corrected chi connectivity index (χ0v) is 10.5. The van der Waals surface area contributed by atoms with Crippen LogP contribution in [0.5, 0.6) is 0 Å². The summed E-state index contributed by atoms with van der Waals surface area (Å²) in [6, 6.07) is 8.71. The van der Waals surface area contributed by atoms with Gasteiger partial charge in [0.15, 0.2) is 0 Å². The number of carboxylic acids is 1. The van der Waals surface area contributed by atoms with Crippen LogP contribution >= 0.6 is 0 Å². The van der Waals surface area contributed by atoms with Crippen molar-refractivity contribution in [3.8, 4) is 0 Å². The second-order valence-electron chi connectivity index (χ2n) is 5.54. The van der Waals surface area contributed by atoms with Crippen LogP contribution in [0, 0.1) is 5.92 Å². The second-order valence-corrected chi connectivity index (χ2v) is 5.54. The van der Waals surface area contributed by atoms with Gasteiger partial charge in [-0.2, -0.15) is 0 Å². The van der Waals surface area contributed by atoms with Crippen LogP contribution in [0.3, 0.4) is 0 Å². The fourth-order valence-corrected chi connectivity index (χ4v) is 3.23. The quantitative estimate of drug-likeness (QED) is 0.886. The van der Waals surface area contributed by atoms with Crippen LogP contribution in [0.25, 0.3) is 0 Å². The minimum absolute atomic E-state index is 0.135. The average molecular weight is 245 g/mol. The Hall–Kier alpha value is -1.35. The second kappa shape index (κ2) is 4.73. The summed E-state index contributed by atoms with van der Waals surface area (Å²) in [6.45, 7) is 2.49. The van der Waals surface area contributed by atoms with Gasteiger partial charge in [0.2, 0.25) is 0 Å². The number of hydrogen-bond donors (Lipinski definition) is 1. The SMILES string of the molecule is O=C(O)C1CN(CC2CCCc3ccccc32)C1. The zero-order valence-electron chi connectivity index (χ0n) is 10.5. The van der Waals surface area contributed by atoms with Gasteiger partial charge in [-0.25, -0.2) is 0 Å². The summed E-state index contributed by atoms with van der Waals surface area (Å²) in [7, 11) is 0. The van der Waals surface area contributed by atoms with Gasteiger partial charge in [-0.3, -0.25) is 4.79 Å². The summed E-state index contributed by atoms with van der Waals surface area (Å²) in [5.41, 5.74) is 2.98. The van der Waals surface area contributed by atoms with Crippen LogP contribution in [0.2, 0.25) is 0 Å². The highest BCUT2D eigenvalue weighted by molar-refractivity contribution is 5.71. The van der Waals surface area contributed by atoms with Crippen molar-refractivity contribution in [1.82, 2.24) is 4.90 Å². The first-order valence-corrected chi connectivity index (χ1v) is 6.77. The van der Waals surface area contributed by atoms with Gasteiger partial charge in [0.05, 0.1) is 5.92 Å². The molecule has 1 N–H and O–H groups in total. The molecule has 1 aromatic carbocycles. The van der Waals surface area contributed by atoms with Crippen molar-refractivity contribution in [2.75, 3.05) is 19.6 Å². The van der Waals surface area contributed by atoms with Gasteiger partial charge in [0.1, 0.15) is 0 Å². The van der Waals surface area contributed by atoms with Crippen molar-refractivity contribution in [2.24, 2.45) is 5.92 Å². The lowest BCUT2D eigenvalue weighted by Gasteiger charge is -2.40. The highest BCUT2D eigenvalue weighted by Crippen LogP contribution is 2.33. The number of likely N-dealkylation sites (tertiary alicyclic amines) is 1. The van der Waals surface area contributed by atoms with E-state index in [2.05, 4.69) is 29.2 Å². The van der Waals surface area contributed by atoms with Crippen LogP contribution in [0.4, 0.5) is 0 Å². The number of aliphatic carboxylic acids is 1. The van der Waals surface area contributed by atoms with Crippen LogP contribution in [-0.4, -0.2) is 35.6 Å². The Kier molecular flexibility index (Phi) is 3.08. The van der Waals surface area contributed by atoms with Crippen molar-refractivity contribution < 1.29 is 9.90 Å². The number of fused-ring (bicyclic) bond motifs is 1. The summed E-state index contributed by atoms with van der Waals surface area (Å²) < 4.78 is 0.